The van der Waals surface area contributed by atoms with E-state index in [4.69, 9.17) is 4.74 Å². The first-order valence-electron chi connectivity index (χ1n) is 8.57. The third-order valence-electron chi connectivity index (χ3n) is 4.58. The molecule has 0 unspecified atom stereocenters. The molecule has 2 N–H and O–H groups in total. The van der Waals surface area contributed by atoms with Crippen molar-refractivity contribution in [1.82, 2.24) is 25.4 Å². The van der Waals surface area contributed by atoms with Gasteiger partial charge in [-0.15, -0.1) is 0 Å². The molecule has 1 saturated heterocycles. The predicted molar refractivity (Wildman–Crippen MR) is 95.0 cm³/mol. The van der Waals surface area contributed by atoms with Crippen molar-refractivity contribution in [2.75, 3.05) is 20.2 Å². The maximum atomic E-state index is 12.6. The van der Waals surface area contributed by atoms with Crippen LogP contribution in [0.15, 0.2) is 30.3 Å². The molecule has 1 fully saturated rings. The Bertz CT molecular complexity index is 713. The van der Waals surface area contributed by atoms with Gasteiger partial charge in [-0.2, -0.15) is 5.10 Å². The maximum Gasteiger partial charge on any atom is 0.318 e. The van der Waals surface area contributed by atoms with Crippen molar-refractivity contribution >= 4 is 6.03 Å². The van der Waals surface area contributed by atoms with Crippen molar-refractivity contribution in [2.45, 2.75) is 38.3 Å². The van der Waals surface area contributed by atoms with E-state index in [0.29, 0.717) is 18.9 Å². The van der Waals surface area contributed by atoms with E-state index in [-0.39, 0.29) is 12.1 Å². The van der Waals surface area contributed by atoms with E-state index >= 15 is 0 Å². The Kier molecular flexibility index (Phi) is 5.03. The molecule has 0 bridgehead atoms. The Morgan fingerprint density at radius 2 is 2.16 bits per heavy atom. The van der Waals surface area contributed by atoms with E-state index in [2.05, 4.69) is 20.5 Å². The summed E-state index contributed by atoms with van der Waals surface area (Å²) in [5.74, 6) is 1.39. The summed E-state index contributed by atoms with van der Waals surface area (Å²) in [6.07, 6.45) is 1.83. The van der Waals surface area contributed by atoms with Crippen LogP contribution in [0.1, 0.15) is 38.6 Å². The molecule has 0 spiro atoms. The lowest BCUT2D eigenvalue weighted by molar-refractivity contribution is 0.0241. The average molecular weight is 343 g/mol. The van der Waals surface area contributed by atoms with E-state index in [1.165, 1.54) is 0 Å². The number of aromatic amines is 1. The number of carbonyl (C=O) groups excluding carboxylic acids is 1. The van der Waals surface area contributed by atoms with Gasteiger partial charge >= 0.3 is 6.03 Å². The SMILES string of the molecule is COC(C)(C)CNC(=O)N1CCC[C@@H]1c1nc(-c2ccccc2)n[nH]1. The van der Waals surface area contributed by atoms with Crippen LogP contribution in [0.25, 0.3) is 11.4 Å². The van der Waals surface area contributed by atoms with E-state index in [9.17, 15) is 4.79 Å². The number of nitrogens with one attached hydrogen (secondary N) is 2. The monoisotopic (exact) mass is 343 g/mol. The lowest BCUT2D eigenvalue weighted by Gasteiger charge is -2.27. The first kappa shape index (κ1) is 17.4. The van der Waals surface area contributed by atoms with Crippen LogP contribution in [-0.2, 0) is 4.74 Å². The van der Waals surface area contributed by atoms with E-state index in [0.717, 1.165) is 24.2 Å². The van der Waals surface area contributed by atoms with Gasteiger partial charge < -0.3 is 15.0 Å². The van der Waals surface area contributed by atoms with Gasteiger partial charge in [0.2, 0.25) is 0 Å². The Balaban J connectivity index is 1.70. The molecule has 0 radical (unpaired) electrons. The Morgan fingerprint density at radius 3 is 2.88 bits per heavy atom. The number of amides is 2. The first-order chi connectivity index (χ1) is 12.0. The summed E-state index contributed by atoms with van der Waals surface area (Å²) in [4.78, 5) is 19.0. The van der Waals surface area contributed by atoms with Crippen LogP contribution >= 0.6 is 0 Å². The molecule has 7 nitrogen and oxygen atoms in total. The van der Waals surface area contributed by atoms with Crippen molar-refractivity contribution in [3.8, 4) is 11.4 Å². The van der Waals surface area contributed by atoms with Crippen molar-refractivity contribution in [3.63, 3.8) is 0 Å². The zero-order valence-electron chi connectivity index (χ0n) is 15.0. The second-order valence-electron chi connectivity index (χ2n) is 6.88. The summed E-state index contributed by atoms with van der Waals surface area (Å²) in [6.45, 7) is 5.05. The number of urea groups is 1. The Hall–Kier alpha value is -2.41. The van der Waals surface area contributed by atoms with Crippen LogP contribution < -0.4 is 5.32 Å². The minimum absolute atomic E-state index is 0.0735. The number of methoxy groups -OCH3 is 1. The van der Waals surface area contributed by atoms with Gasteiger partial charge in [0.15, 0.2) is 5.82 Å². The molecule has 1 atom stereocenters. The average Bonchev–Trinajstić information content (AvgIpc) is 3.29. The van der Waals surface area contributed by atoms with Crippen LogP contribution in [-0.4, -0.2) is 51.9 Å². The van der Waals surface area contributed by atoms with Crippen LogP contribution in [0, 0.1) is 0 Å². The van der Waals surface area contributed by atoms with Gasteiger partial charge in [-0.1, -0.05) is 30.3 Å². The van der Waals surface area contributed by atoms with Gasteiger partial charge in [-0.05, 0) is 26.7 Å². The molecule has 7 heteroatoms. The molecular formula is C18H25N5O2. The molecule has 3 rings (SSSR count). The number of nitrogens with zero attached hydrogens (tertiary/aromatic N) is 3. The maximum absolute atomic E-state index is 12.6. The summed E-state index contributed by atoms with van der Waals surface area (Å²) >= 11 is 0. The Morgan fingerprint density at radius 1 is 1.40 bits per heavy atom. The largest absolute Gasteiger partial charge is 0.377 e. The van der Waals surface area contributed by atoms with Gasteiger partial charge in [-0.25, -0.2) is 9.78 Å². The van der Waals surface area contributed by atoms with Gasteiger partial charge in [0.1, 0.15) is 5.82 Å². The van der Waals surface area contributed by atoms with Gasteiger partial charge in [0.25, 0.3) is 0 Å². The lowest BCUT2D eigenvalue weighted by Crippen LogP contribution is -2.46. The number of aromatic nitrogens is 3. The molecule has 1 aliphatic heterocycles. The number of hydrogen-bond acceptors (Lipinski definition) is 4. The van der Waals surface area contributed by atoms with Crippen LogP contribution in [0.5, 0.6) is 0 Å². The topological polar surface area (TPSA) is 83.1 Å². The molecule has 25 heavy (non-hydrogen) atoms. The highest BCUT2D eigenvalue weighted by Crippen LogP contribution is 2.30. The third kappa shape index (κ3) is 3.99. The van der Waals surface area contributed by atoms with Crippen molar-refractivity contribution in [3.05, 3.63) is 36.2 Å². The lowest BCUT2D eigenvalue weighted by atomic mass is 10.1. The number of carbonyl (C=O) groups is 1. The molecule has 1 aliphatic rings. The third-order valence-corrected chi connectivity index (χ3v) is 4.58. The zero-order chi connectivity index (χ0) is 17.9. The smallest absolute Gasteiger partial charge is 0.318 e. The van der Waals surface area contributed by atoms with Gasteiger partial charge in [-0.3, -0.25) is 5.10 Å². The molecular weight excluding hydrogens is 318 g/mol. The fraction of sp³-hybridized carbons (Fsp3) is 0.500. The molecule has 2 heterocycles. The summed E-state index contributed by atoms with van der Waals surface area (Å²) in [5.41, 5.74) is 0.568. The molecule has 2 amide bonds. The molecule has 1 aromatic heterocycles. The van der Waals surface area contributed by atoms with E-state index in [1.54, 1.807) is 7.11 Å². The molecule has 134 valence electrons. The van der Waals surface area contributed by atoms with E-state index < -0.39 is 5.60 Å². The number of H-pyrrole nitrogens is 1. The summed E-state index contributed by atoms with van der Waals surface area (Å²) in [5, 5.41) is 10.3. The highest BCUT2D eigenvalue weighted by atomic mass is 16.5. The van der Waals surface area contributed by atoms with Crippen LogP contribution in [0.4, 0.5) is 4.79 Å². The minimum Gasteiger partial charge on any atom is -0.377 e. The molecule has 0 saturated carbocycles. The van der Waals surface area contributed by atoms with Crippen molar-refractivity contribution < 1.29 is 9.53 Å². The van der Waals surface area contributed by atoms with Crippen molar-refractivity contribution in [1.29, 1.82) is 0 Å². The second kappa shape index (κ2) is 7.23. The standard InChI is InChI=1S/C18H25N5O2/c1-18(2,25-3)12-19-17(24)23-11-7-10-14(23)16-20-15(21-22-16)13-8-5-4-6-9-13/h4-6,8-9,14H,7,10-12H2,1-3H3,(H,19,24)(H,20,21,22)/t14-/m1/s1. The Labute approximate surface area is 147 Å². The van der Waals surface area contributed by atoms with Gasteiger partial charge in [0.05, 0.1) is 11.6 Å². The number of benzene rings is 1. The van der Waals surface area contributed by atoms with Crippen LogP contribution in [0.3, 0.4) is 0 Å². The number of rotatable bonds is 5. The summed E-state index contributed by atoms with van der Waals surface area (Å²) in [7, 11) is 1.64. The first-order valence-corrected chi connectivity index (χ1v) is 8.57. The molecule has 1 aromatic carbocycles. The fourth-order valence-electron chi connectivity index (χ4n) is 2.90. The second-order valence-corrected chi connectivity index (χ2v) is 6.88. The fourth-order valence-corrected chi connectivity index (χ4v) is 2.90. The number of likely N-dealkylation sites (tertiary alicyclic amines) is 1. The number of hydrogen-bond donors (Lipinski definition) is 2. The van der Waals surface area contributed by atoms with E-state index in [1.807, 2.05) is 49.1 Å². The zero-order valence-corrected chi connectivity index (χ0v) is 15.0. The highest BCUT2D eigenvalue weighted by molar-refractivity contribution is 5.75. The molecule has 0 aliphatic carbocycles. The summed E-state index contributed by atoms with van der Waals surface area (Å²) in [6, 6.07) is 9.65. The van der Waals surface area contributed by atoms with Crippen LogP contribution in [0.2, 0.25) is 0 Å². The molecule has 2 aromatic rings. The predicted octanol–water partition coefficient (Wildman–Crippen LogP) is 2.74. The highest BCUT2D eigenvalue weighted by Gasteiger charge is 2.33. The number of ether oxygens (including phenoxy) is 1. The van der Waals surface area contributed by atoms with Crippen molar-refractivity contribution in [2.24, 2.45) is 0 Å². The van der Waals surface area contributed by atoms with Gasteiger partial charge in [0, 0.05) is 25.8 Å². The normalized spacial score (nSPS) is 17.7. The summed E-state index contributed by atoms with van der Waals surface area (Å²) < 4.78 is 5.35. The minimum atomic E-state index is -0.391. The quantitative estimate of drug-likeness (QED) is 0.874.